The molecule has 100 valence electrons. The number of nitrogens with one attached hydrogen (secondary N) is 1. The van der Waals surface area contributed by atoms with E-state index in [1.165, 1.54) is 0 Å². The minimum atomic E-state index is -0.177. The average molecular weight is 259 g/mol. The molecule has 0 fully saturated rings. The fraction of sp³-hybridized carbons (Fsp3) is 0.286. The summed E-state index contributed by atoms with van der Waals surface area (Å²) in [6.45, 7) is 4.19. The zero-order valence-electron chi connectivity index (χ0n) is 11.3. The first-order valence-corrected chi connectivity index (χ1v) is 6.06. The summed E-state index contributed by atoms with van der Waals surface area (Å²) in [5, 5.41) is 6.66. The number of anilines is 1. The van der Waals surface area contributed by atoms with E-state index in [-0.39, 0.29) is 6.03 Å². The van der Waals surface area contributed by atoms with E-state index < -0.39 is 0 Å². The maximum atomic E-state index is 12.0. The Bertz CT molecular complexity index is 578. The lowest BCUT2D eigenvalue weighted by atomic mass is 10.2. The van der Waals surface area contributed by atoms with Gasteiger partial charge in [0.25, 0.3) is 0 Å². The Balaban J connectivity index is 1.98. The molecule has 0 aliphatic carbocycles. The van der Waals surface area contributed by atoms with E-state index in [9.17, 15) is 4.79 Å². The molecule has 1 heterocycles. The molecule has 0 spiro atoms. The van der Waals surface area contributed by atoms with Crippen LogP contribution in [0.1, 0.15) is 17.0 Å². The van der Waals surface area contributed by atoms with Crippen LogP contribution in [0.2, 0.25) is 0 Å². The van der Waals surface area contributed by atoms with Crippen molar-refractivity contribution in [2.24, 2.45) is 0 Å². The van der Waals surface area contributed by atoms with E-state index >= 15 is 0 Å². The highest BCUT2D eigenvalue weighted by atomic mass is 16.5. The molecule has 5 nitrogen and oxygen atoms in total. The number of benzene rings is 1. The summed E-state index contributed by atoms with van der Waals surface area (Å²) in [5.41, 5.74) is 2.65. The van der Waals surface area contributed by atoms with E-state index in [0.29, 0.717) is 12.3 Å². The minimum absolute atomic E-state index is 0.177. The summed E-state index contributed by atoms with van der Waals surface area (Å²) in [5.74, 6) is 0.667. The van der Waals surface area contributed by atoms with Crippen molar-refractivity contribution in [2.75, 3.05) is 12.4 Å². The third kappa shape index (κ3) is 3.34. The van der Waals surface area contributed by atoms with Gasteiger partial charge in [0.1, 0.15) is 0 Å². The van der Waals surface area contributed by atoms with Gasteiger partial charge in [-0.2, -0.15) is 0 Å². The average Bonchev–Trinajstić information content (AvgIpc) is 2.77. The molecule has 2 amide bonds. The summed E-state index contributed by atoms with van der Waals surface area (Å²) in [7, 11) is 1.71. The van der Waals surface area contributed by atoms with Gasteiger partial charge in [0.2, 0.25) is 0 Å². The fourth-order valence-electron chi connectivity index (χ4n) is 1.72. The number of carbonyl (C=O) groups excluding carboxylic acids is 1. The van der Waals surface area contributed by atoms with E-state index in [1.807, 2.05) is 44.2 Å². The molecule has 0 bridgehead atoms. The van der Waals surface area contributed by atoms with E-state index in [1.54, 1.807) is 11.9 Å². The van der Waals surface area contributed by atoms with Gasteiger partial charge in [0.05, 0.1) is 12.2 Å². The van der Waals surface area contributed by atoms with Gasteiger partial charge in [0, 0.05) is 18.8 Å². The molecule has 0 radical (unpaired) electrons. The highest BCUT2D eigenvalue weighted by Crippen LogP contribution is 2.14. The quantitative estimate of drug-likeness (QED) is 0.921. The summed E-state index contributed by atoms with van der Waals surface area (Å²) < 4.78 is 5.09. The van der Waals surface area contributed by atoms with Crippen LogP contribution >= 0.6 is 0 Å². The SMILES string of the molecule is Cc1cc(CN(C)C(=O)Nc2ccccc2C)on1. The van der Waals surface area contributed by atoms with E-state index in [0.717, 1.165) is 16.9 Å². The Morgan fingerprint density at radius 3 is 2.74 bits per heavy atom. The van der Waals surface area contributed by atoms with Crippen molar-refractivity contribution in [2.45, 2.75) is 20.4 Å². The van der Waals surface area contributed by atoms with Gasteiger partial charge in [-0.15, -0.1) is 0 Å². The van der Waals surface area contributed by atoms with Crippen molar-refractivity contribution in [3.05, 3.63) is 47.3 Å². The second-order valence-electron chi connectivity index (χ2n) is 4.54. The van der Waals surface area contributed by atoms with E-state index in [4.69, 9.17) is 4.52 Å². The van der Waals surface area contributed by atoms with Crippen molar-refractivity contribution in [1.82, 2.24) is 10.1 Å². The van der Waals surface area contributed by atoms with Crippen molar-refractivity contribution in [3.63, 3.8) is 0 Å². The number of rotatable bonds is 3. The molecular weight excluding hydrogens is 242 g/mol. The third-order valence-corrected chi connectivity index (χ3v) is 2.80. The summed E-state index contributed by atoms with van der Waals surface area (Å²) in [6.07, 6.45) is 0. The molecule has 0 saturated heterocycles. The molecule has 1 aromatic carbocycles. The molecule has 2 rings (SSSR count). The topological polar surface area (TPSA) is 58.4 Å². The van der Waals surface area contributed by atoms with Gasteiger partial charge < -0.3 is 14.7 Å². The highest BCUT2D eigenvalue weighted by Gasteiger charge is 2.12. The molecule has 1 aromatic heterocycles. The lowest BCUT2D eigenvalue weighted by molar-refractivity contribution is 0.214. The number of amides is 2. The third-order valence-electron chi connectivity index (χ3n) is 2.80. The maximum Gasteiger partial charge on any atom is 0.322 e. The van der Waals surface area contributed by atoms with Crippen LogP contribution in [0.4, 0.5) is 10.5 Å². The molecule has 0 unspecified atom stereocenters. The number of nitrogens with zero attached hydrogens (tertiary/aromatic N) is 2. The first-order valence-electron chi connectivity index (χ1n) is 6.06. The van der Waals surface area contributed by atoms with Gasteiger partial charge in [0.15, 0.2) is 5.76 Å². The normalized spacial score (nSPS) is 10.3. The summed E-state index contributed by atoms with van der Waals surface area (Å²) >= 11 is 0. The lowest BCUT2D eigenvalue weighted by Crippen LogP contribution is -2.30. The Labute approximate surface area is 112 Å². The summed E-state index contributed by atoms with van der Waals surface area (Å²) in [4.78, 5) is 13.6. The molecule has 2 aromatic rings. The monoisotopic (exact) mass is 259 g/mol. The van der Waals surface area contributed by atoms with Crippen LogP contribution < -0.4 is 5.32 Å². The van der Waals surface area contributed by atoms with Crippen molar-refractivity contribution >= 4 is 11.7 Å². The van der Waals surface area contributed by atoms with Crippen molar-refractivity contribution in [3.8, 4) is 0 Å². The second kappa shape index (κ2) is 5.56. The van der Waals surface area contributed by atoms with Crippen LogP contribution in [0.15, 0.2) is 34.9 Å². The zero-order chi connectivity index (χ0) is 13.8. The van der Waals surface area contributed by atoms with Gasteiger partial charge in [-0.1, -0.05) is 23.4 Å². The Morgan fingerprint density at radius 1 is 1.37 bits per heavy atom. The van der Waals surface area contributed by atoms with Crippen molar-refractivity contribution < 1.29 is 9.32 Å². The number of aryl methyl sites for hydroxylation is 2. The molecule has 5 heteroatoms. The number of carbonyl (C=O) groups is 1. The fourth-order valence-corrected chi connectivity index (χ4v) is 1.72. The lowest BCUT2D eigenvalue weighted by Gasteiger charge is -2.17. The number of para-hydroxylation sites is 1. The second-order valence-corrected chi connectivity index (χ2v) is 4.54. The highest BCUT2D eigenvalue weighted by molar-refractivity contribution is 5.89. The largest absolute Gasteiger partial charge is 0.359 e. The first-order chi connectivity index (χ1) is 9.06. The first kappa shape index (κ1) is 13.1. The van der Waals surface area contributed by atoms with Gasteiger partial charge >= 0.3 is 6.03 Å². The number of hydrogen-bond donors (Lipinski definition) is 1. The van der Waals surface area contributed by atoms with E-state index in [2.05, 4.69) is 10.5 Å². The number of urea groups is 1. The molecule has 19 heavy (non-hydrogen) atoms. The van der Waals surface area contributed by atoms with Gasteiger partial charge in [-0.25, -0.2) is 4.79 Å². The van der Waals surface area contributed by atoms with Crippen LogP contribution in [0.25, 0.3) is 0 Å². The van der Waals surface area contributed by atoms with Gasteiger partial charge in [-0.05, 0) is 25.5 Å². The molecule has 1 N–H and O–H groups in total. The Hall–Kier alpha value is -2.30. The molecule has 0 aliphatic heterocycles. The standard InChI is InChI=1S/C14H17N3O2/c1-10-6-4-5-7-13(10)15-14(18)17(3)9-12-8-11(2)16-19-12/h4-8H,9H2,1-3H3,(H,15,18). The maximum absolute atomic E-state index is 12.0. The van der Waals surface area contributed by atoms with Crippen LogP contribution in [0.3, 0.4) is 0 Å². The molecule has 0 saturated carbocycles. The van der Waals surface area contributed by atoms with Crippen molar-refractivity contribution in [1.29, 1.82) is 0 Å². The van der Waals surface area contributed by atoms with Crippen LogP contribution in [0, 0.1) is 13.8 Å². The van der Waals surface area contributed by atoms with Crippen LogP contribution in [-0.4, -0.2) is 23.1 Å². The zero-order valence-corrected chi connectivity index (χ0v) is 11.3. The predicted octanol–water partition coefficient (Wildman–Crippen LogP) is 2.96. The number of aromatic nitrogens is 1. The van der Waals surface area contributed by atoms with Crippen LogP contribution in [0.5, 0.6) is 0 Å². The Morgan fingerprint density at radius 2 is 2.11 bits per heavy atom. The number of hydrogen-bond acceptors (Lipinski definition) is 3. The molecular formula is C14H17N3O2. The Kier molecular flexibility index (Phi) is 3.85. The van der Waals surface area contributed by atoms with Crippen LogP contribution in [-0.2, 0) is 6.54 Å². The van der Waals surface area contributed by atoms with Gasteiger partial charge in [-0.3, -0.25) is 0 Å². The minimum Gasteiger partial charge on any atom is -0.359 e. The smallest absolute Gasteiger partial charge is 0.322 e. The predicted molar refractivity (Wildman–Crippen MR) is 72.9 cm³/mol. The summed E-state index contributed by atoms with van der Waals surface area (Å²) in [6, 6.07) is 9.30. The molecule has 0 aliphatic rings. The molecule has 0 atom stereocenters.